The monoisotopic (exact) mass is 939 g/mol. The van der Waals surface area contributed by atoms with E-state index in [4.69, 9.17) is 14.2 Å². The third-order valence-corrected chi connectivity index (χ3v) is 11.2. The van der Waals surface area contributed by atoms with Gasteiger partial charge in [0.25, 0.3) is 0 Å². The Morgan fingerprint density at radius 1 is 0.353 bits per heavy atom. The predicted molar refractivity (Wildman–Crippen MR) is 297 cm³/mol. The van der Waals surface area contributed by atoms with E-state index in [2.05, 4.69) is 142 Å². The van der Waals surface area contributed by atoms with Crippen molar-refractivity contribution in [2.24, 2.45) is 0 Å². The van der Waals surface area contributed by atoms with Crippen molar-refractivity contribution in [2.45, 2.75) is 232 Å². The van der Waals surface area contributed by atoms with Crippen LogP contribution in [0.1, 0.15) is 226 Å². The van der Waals surface area contributed by atoms with E-state index in [9.17, 15) is 9.59 Å². The molecule has 0 aromatic rings. The van der Waals surface area contributed by atoms with Crippen molar-refractivity contribution in [1.82, 2.24) is 0 Å². The van der Waals surface area contributed by atoms with Gasteiger partial charge in [0.2, 0.25) is 0 Å². The molecule has 0 radical (unpaired) electrons. The lowest BCUT2D eigenvalue weighted by molar-refractivity contribution is -0.162. The third kappa shape index (κ3) is 54.6. The fourth-order valence-electron chi connectivity index (χ4n) is 7.14. The molecule has 5 heteroatoms. The van der Waals surface area contributed by atoms with Crippen LogP contribution in [-0.4, -0.2) is 37.9 Å². The summed E-state index contributed by atoms with van der Waals surface area (Å²) in [6.45, 7) is 7.38. The first kappa shape index (κ1) is 64.0. The number of carbonyl (C=O) groups excluding carboxylic acids is 2. The fourth-order valence-corrected chi connectivity index (χ4v) is 7.14. The molecule has 1 unspecified atom stereocenters. The zero-order valence-corrected chi connectivity index (χ0v) is 44.1. The molecule has 0 saturated heterocycles. The molecule has 0 fully saturated rings. The average molecular weight is 940 g/mol. The summed E-state index contributed by atoms with van der Waals surface area (Å²) >= 11 is 0. The minimum atomic E-state index is -0.624. The van der Waals surface area contributed by atoms with E-state index >= 15 is 0 Å². The van der Waals surface area contributed by atoms with Gasteiger partial charge in [0.1, 0.15) is 6.61 Å². The Hall–Kier alpha value is -3.96. The summed E-state index contributed by atoms with van der Waals surface area (Å²) < 4.78 is 17.3. The number of hydrogen-bond donors (Lipinski definition) is 0. The zero-order valence-electron chi connectivity index (χ0n) is 44.1. The van der Waals surface area contributed by atoms with Crippen LogP contribution in [-0.2, 0) is 23.8 Å². The number of rotatable bonds is 49. The van der Waals surface area contributed by atoms with Crippen molar-refractivity contribution >= 4 is 11.9 Å². The van der Waals surface area contributed by atoms with Gasteiger partial charge in [-0.3, -0.25) is 9.59 Å². The molecule has 0 aromatic heterocycles. The van der Waals surface area contributed by atoms with E-state index in [0.717, 1.165) is 103 Å². The Morgan fingerprint density at radius 2 is 0.706 bits per heavy atom. The number of allylic oxidation sites excluding steroid dienone is 21. The molecule has 384 valence electrons. The summed E-state index contributed by atoms with van der Waals surface area (Å²) in [7, 11) is 0. The molecule has 1 atom stereocenters. The lowest BCUT2D eigenvalue weighted by atomic mass is 10.1. The second kappa shape index (κ2) is 57.4. The van der Waals surface area contributed by atoms with Gasteiger partial charge in [0, 0.05) is 13.0 Å². The van der Waals surface area contributed by atoms with Gasteiger partial charge >= 0.3 is 11.9 Å². The van der Waals surface area contributed by atoms with Crippen molar-refractivity contribution in [1.29, 1.82) is 0 Å². The van der Waals surface area contributed by atoms with Crippen molar-refractivity contribution in [2.75, 3.05) is 19.8 Å². The number of ether oxygens (including phenoxy) is 3. The van der Waals surface area contributed by atoms with Crippen LogP contribution in [0.3, 0.4) is 0 Å². The first-order valence-electron chi connectivity index (χ1n) is 27.7. The minimum Gasteiger partial charge on any atom is -0.462 e. The van der Waals surface area contributed by atoms with Crippen LogP contribution in [0.5, 0.6) is 0 Å². The Balaban J connectivity index is 4.46. The number of hydrogen-bond acceptors (Lipinski definition) is 5. The molecular formula is C63H102O5. The van der Waals surface area contributed by atoms with E-state index in [0.29, 0.717) is 13.0 Å². The van der Waals surface area contributed by atoms with Crippen LogP contribution in [0, 0.1) is 0 Å². The highest BCUT2D eigenvalue weighted by atomic mass is 16.6. The maximum atomic E-state index is 12.8. The maximum absolute atomic E-state index is 12.8. The second-order valence-corrected chi connectivity index (χ2v) is 17.7. The summed E-state index contributed by atoms with van der Waals surface area (Å²) in [5, 5.41) is 0. The van der Waals surface area contributed by atoms with Gasteiger partial charge in [-0.1, -0.05) is 231 Å². The van der Waals surface area contributed by atoms with Crippen molar-refractivity contribution in [3.63, 3.8) is 0 Å². The lowest BCUT2D eigenvalue weighted by Crippen LogP contribution is -2.29. The smallest absolute Gasteiger partial charge is 0.310 e. The highest BCUT2D eigenvalue weighted by Gasteiger charge is 2.17. The van der Waals surface area contributed by atoms with Crippen LogP contribution >= 0.6 is 0 Å². The summed E-state index contributed by atoms with van der Waals surface area (Å²) in [5.41, 5.74) is 0. The number of unbranched alkanes of at least 4 members (excludes halogenated alkanes) is 17. The quantitative estimate of drug-likeness (QED) is 0.0345. The fraction of sp³-hybridized carbons (Fsp3) is 0.619. The number of carbonyl (C=O) groups is 2. The van der Waals surface area contributed by atoms with Crippen LogP contribution in [0.25, 0.3) is 0 Å². The van der Waals surface area contributed by atoms with E-state index in [-0.39, 0.29) is 31.6 Å². The maximum Gasteiger partial charge on any atom is 0.310 e. The molecule has 0 aliphatic carbocycles. The van der Waals surface area contributed by atoms with Gasteiger partial charge in [-0.25, -0.2) is 0 Å². The lowest BCUT2D eigenvalue weighted by Gasteiger charge is -2.18. The predicted octanol–water partition coefficient (Wildman–Crippen LogP) is 19.1. The molecule has 5 nitrogen and oxygen atoms in total. The van der Waals surface area contributed by atoms with Gasteiger partial charge in [-0.05, 0) is 116 Å². The van der Waals surface area contributed by atoms with E-state index in [1.165, 1.54) is 89.9 Å². The van der Waals surface area contributed by atoms with Gasteiger partial charge in [0.15, 0.2) is 6.10 Å². The van der Waals surface area contributed by atoms with Gasteiger partial charge in [0.05, 0.1) is 13.0 Å². The summed E-state index contributed by atoms with van der Waals surface area (Å²) in [6.07, 6.45) is 82.2. The Labute approximate surface area is 419 Å². The Kier molecular flexibility index (Phi) is 54.0. The zero-order chi connectivity index (χ0) is 49.2. The summed E-state index contributed by atoms with van der Waals surface area (Å²) in [6, 6.07) is 0. The Bertz CT molecular complexity index is 1430. The molecule has 0 aliphatic heterocycles. The van der Waals surface area contributed by atoms with Crippen molar-refractivity contribution in [3.8, 4) is 0 Å². The van der Waals surface area contributed by atoms with E-state index < -0.39 is 6.10 Å². The molecule has 0 heterocycles. The van der Waals surface area contributed by atoms with Gasteiger partial charge in [-0.2, -0.15) is 0 Å². The van der Waals surface area contributed by atoms with E-state index in [1.54, 1.807) is 0 Å². The molecule has 0 saturated carbocycles. The van der Waals surface area contributed by atoms with Crippen molar-refractivity contribution in [3.05, 3.63) is 134 Å². The topological polar surface area (TPSA) is 61.8 Å². The highest BCUT2D eigenvalue weighted by molar-refractivity contribution is 5.71. The third-order valence-electron chi connectivity index (χ3n) is 11.2. The van der Waals surface area contributed by atoms with Gasteiger partial charge < -0.3 is 14.2 Å². The standard InChI is InChI=1S/C63H102O5/c1-4-7-10-13-16-19-22-25-28-30-32-33-36-38-41-44-47-50-53-56-62(64)67-60-61(68-63(65)57-54-51-48-45-42-39-35-27-24-21-18-15-12-9-6-3)59-66-58-55-52-49-46-43-40-37-34-31-29-26-23-20-17-14-11-8-5-2/h8-9,11-12,17-18,20-21,25-29,34-35,37,42-43,45-46,51,54,61H,4-7,10,13-16,19,22-24,30-33,36,38-41,44,47-50,52-53,55-60H2,1-3H3/b11-8-,12-9-,20-17-,21-18-,28-25-,29-26-,35-27-,37-34-,45-42-,46-43-,54-51-. The van der Waals surface area contributed by atoms with Crippen LogP contribution in [0.2, 0.25) is 0 Å². The molecule has 0 aromatic carbocycles. The molecule has 0 aliphatic rings. The molecular weight excluding hydrogens is 837 g/mol. The second-order valence-electron chi connectivity index (χ2n) is 17.7. The first-order chi connectivity index (χ1) is 33.6. The molecule has 0 spiro atoms. The Morgan fingerprint density at radius 3 is 1.15 bits per heavy atom. The first-order valence-corrected chi connectivity index (χ1v) is 27.7. The van der Waals surface area contributed by atoms with Crippen molar-refractivity contribution < 1.29 is 23.8 Å². The average Bonchev–Trinajstić information content (AvgIpc) is 3.34. The largest absolute Gasteiger partial charge is 0.462 e. The minimum absolute atomic E-state index is 0.0190. The molecule has 0 rings (SSSR count). The molecule has 0 amide bonds. The number of esters is 2. The van der Waals surface area contributed by atoms with Crippen LogP contribution in [0.4, 0.5) is 0 Å². The molecule has 68 heavy (non-hydrogen) atoms. The highest BCUT2D eigenvalue weighted by Crippen LogP contribution is 2.13. The van der Waals surface area contributed by atoms with Gasteiger partial charge in [-0.15, -0.1) is 0 Å². The SMILES string of the molecule is CC/C=C\C/C=C\C/C=C\C/C=C\C/C=C\CCCCOCC(COC(=O)CCCCCCCCCCC/C=C\CCCCCCCC)OC(=O)C/C=C\C/C=C\C/C=C\C/C=C\C/C=C\CC. The normalized spacial score (nSPS) is 13.3. The molecule has 0 N–H and O–H groups in total. The van der Waals surface area contributed by atoms with Crippen LogP contribution in [0.15, 0.2) is 134 Å². The van der Waals surface area contributed by atoms with Crippen LogP contribution < -0.4 is 0 Å². The van der Waals surface area contributed by atoms with E-state index in [1.807, 2.05) is 12.2 Å². The molecule has 0 bridgehead atoms. The summed E-state index contributed by atoms with van der Waals surface area (Å²) in [4.78, 5) is 25.4. The summed E-state index contributed by atoms with van der Waals surface area (Å²) in [5.74, 6) is -0.577.